The minimum Gasteiger partial charge on any atom is -0.490 e. The van der Waals surface area contributed by atoms with Crippen LogP contribution in [0.25, 0.3) is 0 Å². The first kappa shape index (κ1) is 21.7. The summed E-state index contributed by atoms with van der Waals surface area (Å²) in [7, 11) is 0. The predicted octanol–water partition coefficient (Wildman–Crippen LogP) is 4.85. The zero-order valence-electron chi connectivity index (χ0n) is 18.3. The lowest BCUT2D eigenvalue weighted by Crippen LogP contribution is -2.38. The summed E-state index contributed by atoms with van der Waals surface area (Å²) in [6.07, 6.45) is 7.67. The summed E-state index contributed by atoms with van der Waals surface area (Å²) in [5.41, 5.74) is 1.71. The number of hydrogen-bond donors (Lipinski definition) is 0. The normalized spacial score (nSPS) is 25.7. The molecule has 33 heavy (non-hydrogen) atoms. The van der Waals surface area contributed by atoms with Crippen molar-refractivity contribution in [2.24, 2.45) is 28.8 Å². The molecule has 1 aliphatic heterocycles. The van der Waals surface area contributed by atoms with Crippen molar-refractivity contribution in [2.45, 2.75) is 26.4 Å². The van der Waals surface area contributed by atoms with E-state index >= 15 is 0 Å². The zero-order chi connectivity index (χ0) is 22.9. The number of nitrogens with zero attached hydrogens (tertiary/aromatic N) is 2. The smallest absolute Gasteiger partial charge is 0.254 e. The topological polar surface area (TPSA) is 68.2 Å². The molecule has 2 aromatic carbocycles. The Hall–Kier alpha value is -3.12. The number of hydrogen-bond acceptors (Lipinski definition) is 5. The number of fused-ring (bicyclic) bond motifs is 1. The number of benzene rings is 2. The third kappa shape index (κ3) is 4.15. The van der Waals surface area contributed by atoms with Gasteiger partial charge in [0.05, 0.1) is 24.7 Å². The minimum absolute atomic E-state index is 0.151. The van der Waals surface area contributed by atoms with E-state index < -0.39 is 0 Å². The SMILES string of the molecule is CCOc1cc(/C=N\N2C(=O)[C@@H]3[C@H](C2=O)[C@H]2C=C[C@H]3CC2)ccc1OCc1ccc(Cl)cc1. The zero-order valence-corrected chi connectivity index (χ0v) is 19.1. The van der Waals surface area contributed by atoms with Gasteiger partial charge in [-0.25, -0.2) is 0 Å². The molecule has 6 rings (SSSR count). The van der Waals surface area contributed by atoms with E-state index in [4.69, 9.17) is 21.1 Å². The average molecular weight is 465 g/mol. The maximum atomic E-state index is 12.9. The van der Waals surface area contributed by atoms with Crippen LogP contribution in [0.15, 0.2) is 59.7 Å². The van der Waals surface area contributed by atoms with Crippen LogP contribution in [-0.4, -0.2) is 29.6 Å². The molecule has 0 aromatic heterocycles. The van der Waals surface area contributed by atoms with Gasteiger partial charge in [-0.1, -0.05) is 35.9 Å². The lowest BCUT2D eigenvalue weighted by Gasteiger charge is -2.37. The second-order valence-corrected chi connectivity index (χ2v) is 9.07. The molecule has 1 saturated carbocycles. The summed E-state index contributed by atoms with van der Waals surface area (Å²) in [5, 5.41) is 6.03. The van der Waals surface area contributed by atoms with Gasteiger partial charge >= 0.3 is 0 Å². The number of halogens is 1. The fraction of sp³-hybridized carbons (Fsp3) is 0.346. The van der Waals surface area contributed by atoms with Crippen molar-refractivity contribution in [2.75, 3.05) is 6.61 Å². The highest BCUT2D eigenvalue weighted by Crippen LogP contribution is 2.49. The number of carbonyl (C=O) groups excluding carboxylic acids is 2. The van der Waals surface area contributed by atoms with Crippen LogP contribution in [0.3, 0.4) is 0 Å². The van der Waals surface area contributed by atoms with Crippen molar-refractivity contribution in [3.05, 3.63) is 70.8 Å². The molecule has 0 spiro atoms. The fourth-order valence-electron chi connectivity index (χ4n) is 5.03. The summed E-state index contributed by atoms with van der Waals surface area (Å²) < 4.78 is 11.7. The monoisotopic (exact) mass is 464 g/mol. The molecule has 4 atom stereocenters. The van der Waals surface area contributed by atoms with Crippen molar-refractivity contribution in [1.82, 2.24) is 5.01 Å². The molecule has 1 saturated heterocycles. The van der Waals surface area contributed by atoms with E-state index in [-0.39, 0.29) is 35.5 Å². The Morgan fingerprint density at radius 3 is 2.24 bits per heavy atom. The molecular weight excluding hydrogens is 440 g/mol. The van der Waals surface area contributed by atoms with Crippen molar-refractivity contribution in [3.8, 4) is 11.5 Å². The highest BCUT2D eigenvalue weighted by atomic mass is 35.5. The van der Waals surface area contributed by atoms with Gasteiger partial charge in [-0.15, -0.1) is 0 Å². The van der Waals surface area contributed by atoms with E-state index in [9.17, 15) is 9.59 Å². The van der Waals surface area contributed by atoms with Gasteiger partial charge in [0.1, 0.15) is 6.61 Å². The van der Waals surface area contributed by atoms with Crippen LogP contribution in [0.4, 0.5) is 0 Å². The molecule has 6 nitrogen and oxygen atoms in total. The van der Waals surface area contributed by atoms with Crippen LogP contribution in [0.5, 0.6) is 11.5 Å². The van der Waals surface area contributed by atoms with Crippen LogP contribution < -0.4 is 9.47 Å². The van der Waals surface area contributed by atoms with Crippen molar-refractivity contribution < 1.29 is 19.1 Å². The average Bonchev–Trinajstić information content (AvgIpc) is 3.11. The fourth-order valence-corrected chi connectivity index (χ4v) is 5.16. The molecule has 0 unspecified atom stereocenters. The van der Waals surface area contributed by atoms with Crippen molar-refractivity contribution >= 4 is 29.6 Å². The third-order valence-corrected chi connectivity index (χ3v) is 6.89. The Bertz CT molecular complexity index is 1100. The molecule has 7 heteroatoms. The molecular formula is C26H25ClN2O4. The molecule has 2 bridgehead atoms. The molecule has 4 aliphatic rings. The van der Waals surface area contributed by atoms with E-state index in [2.05, 4.69) is 17.3 Å². The number of rotatable bonds is 7. The first-order valence-corrected chi connectivity index (χ1v) is 11.7. The lowest BCUT2D eigenvalue weighted by atomic mass is 9.63. The third-order valence-electron chi connectivity index (χ3n) is 6.63. The van der Waals surface area contributed by atoms with E-state index in [0.29, 0.717) is 35.3 Å². The van der Waals surface area contributed by atoms with Crippen LogP contribution >= 0.6 is 11.6 Å². The number of ether oxygens (including phenoxy) is 2. The Morgan fingerprint density at radius 1 is 0.970 bits per heavy atom. The second kappa shape index (κ2) is 9.02. The Kier molecular flexibility index (Phi) is 5.94. The van der Waals surface area contributed by atoms with Gasteiger partial charge in [0, 0.05) is 5.02 Å². The summed E-state index contributed by atoms with van der Waals surface area (Å²) in [5.74, 6) is 0.580. The number of amides is 2. The summed E-state index contributed by atoms with van der Waals surface area (Å²) in [6, 6.07) is 12.9. The van der Waals surface area contributed by atoms with E-state index in [1.807, 2.05) is 37.3 Å². The van der Waals surface area contributed by atoms with E-state index in [0.717, 1.165) is 23.4 Å². The molecule has 2 aromatic rings. The van der Waals surface area contributed by atoms with Crippen LogP contribution in [0.1, 0.15) is 30.9 Å². The number of carbonyl (C=O) groups is 2. The maximum Gasteiger partial charge on any atom is 0.254 e. The van der Waals surface area contributed by atoms with Gasteiger partial charge in [-0.3, -0.25) is 9.59 Å². The van der Waals surface area contributed by atoms with Crippen LogP contribution in [0.2, 0.25) is 5.02 Å². The van der Waals surface area contributed by atoms with E-state index in [1.165, 1.54) is 6.21 Å². The highest BCUT2D eigenvalue weighted by Gasteiger charge is 2.56. The quantitative estimate of drug-likeness (QED) is 0.334. The van der Waals surface area contributed by atoms with Gasteiger partial charge in [0.15, 0.2) is 11.5 Å². The largest absolute Gasteiger partial charge is 0.490 e. The van der Waals surface area contributed by atoms with E-state index in [1.54, 1.807) is 12.1 Å². The van der Waals surface area contributed by atoms with Gasteiger partial charge in [-0.2, -0.15) is 10.1 Å². The maximum absolute atomic E-state index is 12.9. The first-order chi connectivity index (χ1) is 16.0. The first-order valence-electron chi connectivity index (χ1n) is 11.3. The van der Waals surface area contributed by atoms with Gasteiger partial charge in [-0.05, 0) is 73.1 Å². The van der Waals surface area contributed by atoms with Crippen LogP contribution in [-0.2, 0) is 16.2 Å². The van der Waals surface area contributed by atoms with Gasteiger partial charge in [0.25, 0.3) is 11.8 Å². The molecule has 170 valence electrons. The lowest BCUT2D eigenvalue weighted by molar-refractivity contribution is -0.140. The van der Waals surface area contributed by atoms with Gasteiger partial charge < -0.3 is 9.47 Å². The Labute approximate surface area is 197 Å². The molecule has 0 N–H and O–H groups in total. The standard InChI is InChI=1S/C26H25ClN2O4/c1-2-32-22-13-17(5-12-21(22)33-15-16-3-10-20(27)11-4-16)14-28-29-25(30)23-18-6-7-19(9-8-18)24(23)26(29)31/h3-7,10-14,18-19,23-24H,2,8-9,15H2,1H3/b28-14-/t18-,19-,23-,24+/m0/s1. The Morgan fingerprint density at radius 2 is 1.64 bits per heavy atom. The summed E-state index contributed by atoms with van der Waals surface area (Å²) in [4.78, 5) is 25.9. The second-order valence-electron chi connectivity index (χ2n) is 8.63. The molecule has 3 aliphatic carbocycles. The number of imide groups is 1. The number of hydrazone groups is 1. The Balaban J connectivity index is 1.31. The van der Waals surface area contributed by atoms with Crippen LogP contribution in [0, 0.1) is 23.7 Å². The molecule has 2 fully saturated rings. The summed E-state index contributed by atoms with van der Waals surface area (Å²) >= 11 is 5.94. The highest BCUT2D eigenvalue weighted by molar-refractivity contribution is 6.30. The predicted molar refractivity (Wildman–Crippen MR) is 125 cm³/mol. The minimum atomic E-state index is -0.263. The summed E-state index contributed by atoms with van der Waals surface area (Å²) in [6.45, 7) is 2.75. The molecule has 2 amide bonds. The van der Waals surface area contributed by atoms with Gasteiger partial charge in [0.2, 0.25) is 0 Å². The molecule has 1 heterocycles. The number of allylic oxidation sites excluding steroid dienone is 2. The van der Waals surface area contributed by atoms with Crippen molar-refractivity contribution in [3.63, 3.8) is 0 Å². The van der Waals surface area contributed by atoms with Crippen molar-refractivity contribution in [1.29, 1.82) is 0 Å². The molecule has 0 radical (unpaired) electrons.